The van der Waals surface area contributed by atoms with Crippen LogP contribution in [0.25, 0.3) is 0 Å². The lowest BCUT2D eigenvalue weighted by molar-refractivity contribution is -0.128. The van der Waals surface area contributed by atoms with Gasteiger partial charge in [0.2, 0.25) is 5.91 Å². The van der Waals surface area contributed by atoms with Gasteiger partial charge in [0.25, 0.3) is 0 Å². The monoisotopic (exact) mass is 327 g/mol. The first-order chi connectivity index (χ1) is 9.04. The van der Waals surface area contributed by atoms with Gasteiger partial charge in [-0.3, -0.25) is 4.79 Å². The molecule has 0 fully saturated rings. The zero-order valence-electron chi connectivity index (χ0n) is 11.9. The summed E-state index contributed by atoms with van der Waals surface area (Å²) in [5.41, 5.74) is 1.31. The lowest BCUT2D eigenvalue weighted by Gasteiger charge is -2.18. The van der Waals surface area contributed by atoms with E-state index in [-0.39, 0.29) is 10.7 Å². The van der Waals surface area contributed by atoms with Gasteiger partial charge in [-0.05, 0) is 37.5 Å². The second-order valence-electron chi connectivity index (χ2n) is 4.58. The molecular formula is C15H22BrNO2. The summed E-state index contributed by atoms with van der Waals surface area (Å²) < 4.78 is 5.65. The summed E-state index contributed by atoms with van der Waals surface area (Å²) in [6.07, 6.45) is 1.87. The number of ether oxygens (including phenoxy) is 1. The summed E-state index contributed by atoms with van der Waals surface area (Å²) in [7, 11) is 1.82. The van der Waals surface area contributed by atoms with Gasteiger partial charge in [0, 0.05) is 13.6 Å². The number of benzene rings is 1. The van der Waals surface area contributed by atoms with Crippen LogP contribution < -0.4 is 4.74 Å². The van der Waals surface area contributed by atoms with Crippen LogP contribution in [0.4, 0.5) is 0 Å². The summed E-state index contributed by atoms with van der Waals surface area (Å²) in [6.45, 7) is 5.31. The Morgan fingerprint density at radius 1 is 1.37 bits per heavy atom. The minimum absolute atomic E-state index is 0.104. The number of amides is 1. The molecule has 0 aromatic heterocycles. The van der Waals surface area contributed by atoms with Crippen molar-refractivity contribution in [1.82, 2.24) is 4.90 Å². The maximum absolute atomic E-state index is 11.6. The highest BCUT2D eigenvalue weighted by atomic mass is 79.9. The van der Waals surface area contributed by atoms with Gasteiger partial charge in [0.05, 0.1) is 11.4 Å². The predicted molar refractivity (Wildman–Crippen MR) is 82.0 cm³/mol. The van der Waals surface area contributed by atoms with Crippen LogP contribution in [0.3, 0.4) is 0 Å². The Morgan fingerprint density at radius 3 is 2.53 bits per heavy atom. The van der Waals surface area contributed by atoms with Gasteiger partial charge in [-0.25, -0.2) is 0 Å². The average Bonchev–Trinajstić information content (AvgIpc) is 2.43. The third-order valence-electron chi connectivity index (χ3n) is 2.95. The van der Waals surface area contributed by atoms with Gasteiger partial charge >= 0.3 is 0 Å². The number of alkyl halides is 1. The molecule has 1 aromatic rings. The van der Waals surface area contributed by atoms with Gasteiger partial charge in [-0.2, -0.15) is 0 Å². The number of nitrogens with zero attached hydrogens (tertiary/aromatic N) is 1. The molecule has 0 saturated carbocycles. The number of halogens is 1. The SMILES string of the molecule is CCc1ccc(OCCCN(C)C(=O)C(C)Br)cc1. The third kappa shape index (κ3) is 5.64. The molecule has 1 amide bonds. The van der Waals surface area contributed by atoms with Gasteiger partial charge in [-0.15, -0.1) is 0 Å². The van der Waals surface area contributed by atoms with Gasteiger partial charge < -0.3 is 9.64 Å². The van der Waals surface area contributed by atoms with E-state index in [1.807, 2.05) is 26.1 Å². The van der Waals surface area contributed by atoms with Crippen LogP contribution >= 0.6 is 15.9 Å². The molecule has 0 radical (unpaired) electrons. The van der Waals surface area contributed by atoms with Crippen LogP contribution in [-0.4, -0.2) is 35.8 Å². The molecule has 106 valence electrons. The molecule has 0 bridgehead atoms. The standard InChI is InChI=1S/C15H22BrNO2/c1-4-13-6-8-14(9-7-13)19-11-5-10-17(3)15(18)12(2)16/h6-9,12H,4-5,10-11H2,1-3H3. The zero-order valence-corrected chi connectivity index (χ0v) is 13.4. The molecule has 0 spiro atoms. The van der Waals surface area contributed by atoms with E-state index in [2.05, 4.69) is 35.0 Å². The Labute approximate surface area is 124 Å². The fourth-order valence-corrected chi connectivity index (χ4v) is 2.08. The first kappa shape index (κ1) is 16.0. The number of hydrogen-bond acceptors (Lipinski definition) is 2. The Morgan fingerprint density at radius 2 is 2.00 bits per heavy atom. The lowest BCUT2D eigenvalue weighted by atomic mass is 10.2. The molecule has 3 nitrogen and oxygen atoms in total. The molecule has 1 aromatic carbocycles. The molecule has 19 heavy (non-hydrogen) atoms. The van der Waals surface area contributed by atoms with Crippen molar-refractivity contribution in [2.45, 2.75) is 31.5 Å². The summed E-state index contributed by atoms with van der Waals surface area (Å²) in [5.74, 6) is 0.993. The van der Waals surface area contributed by atoms with E-state index in [9.17, 15) is 4.79 Å². The van der Waals surface area contributed by atoms with Crippen molar-refractivity contribution in [3.05, 3.63) is 29.8 Å². The molecule has 0 saturated heterocycles. The van der Waals surface area contributed by atoms with Crippen molar-refractivity contribution < 1.29 is 9.53 Å². The highest BCUT2D eigenvalue weighted by Gasteiger charge is 2.13. The van der Waals surface area contributed by atoms with Crippen LogP contribution in [-0.2, 0) is 11.2 Å². The topological polar surface area (TPSA) is 29.5 Å². The van der Waals surface area contributed by atoms with Gasteiger partial charge in [0.1, 0.15) is 5.75 Å². The highest BCUT2D eigenvalue weighted by Crippen LogP contribution is 2.12. The zero-order chi connectivity index (χ0) is 14.3. The Balaban J connectivity index is 2.25. The number of carbonyl (C=O) groups is 1. The van der Waals surface area contributed by atoms with E-state index < -0.39 is 0 Å². The second kappa shape index (κ2) is 8.20. The van der Waals surface area contributed by atoms with Crippen molar-refractivity contribution in [2.75, 3.05) is 20.2 Å². The predicted octanol–water partition coefficient (Wildman–Crippen LogP) is 3.26. The number of rotatable bonds is 7. The minimum atomic E-state index is -0.125. The number of aryl methyl sites for hydroxylation is 1. The van der Waals surface area contributed by atoms with Crippen LogP contribution in [0.5, 0.6) is 5.75 Å². The van der Waals surface area contributed by atoms with Crippen molar-refractivity contribution in [3.8, 4) is 5.75 Å². The molecule has 0 aliphatic heterocycles. The van der Waals surface area contributed by atoms with Gasteiger partial charge in [0.15, 0.2) is 0 Å². The van der Waals surface area contributed by atoms with Crippen molar-refractivity contribution in [3.63, 3.8) is 0 Å². The highest BCUT2D eigenvalue weighted by molar-refractivity contribution is 9.10. The smallest absolute Gasteiger partial charge is 0.235 e. The van der Waals surface area contributed by atoms with E-state index >= 15 is 0 Å². The van der Waals surface area contributed by atoms with Crippen LogP contribution in [0.15, 0.2) is 24.3 Å². The van der Waals surface area contributed by atoms with E-state index in [0.29, 0.717) is 13.2 Å². The number of hydrogen-bond donors (Lipinski definition) is 0. The summed E-state index contributed by atoms with van der Waals surface area (Å²) in [5, 5.41) is 0. The fraction of sp³-hybridized carbons (Fsp3) is 0.533. The molecule has 4 heteroatoms. The average molecular weight is 328 g/mol. The van der Waals surface area contributed by atoms with Crippen LogP contribution in [0.2, 0.25) is 0 Å². The largest absolute Gasteiger partial charge is 0.494 e. The summed E-state index contributed by atoms with van der Waals surface area (Å²) >= 11 is 3.28. The molecule has 0 N–H and O–H groups in total. The fourth-order valence-electron chi connectivity index (χ4n) is 1.73. The molecule has 0 aliphatic rings. The normalized spacial score (nSPS) is 12.0. The Hall–Kier alpha value is -1.03. The van der Waals surface area contributed by atoms with E-state index in [1.165, 1.54) is 5.56 Å². The van der Waals surface area contributed by atoms with Crippen molar-refractivity contribution >= 4 is 21.8 Å². The molecule has 1 rings (SSSR count). The molecule has 1 unspecified atom stereocenters. The van der Waals surface area contributed by atoms with E-state index in [4.69, 9.17) is 4.74 Å². The molecule has 0 heterocycles. The maximum Gasteiger partial charge on any atom is 0.235 e. The summed E-state index contributed by atoms with van der Waals surface area (Å²) in [6, 6.07) is 8.15. The maximum atomic E-state index is 11.6. The van der Waals surface area contributed by atoms with Crippen molar-refractivity contribution in [1.29, 1.82) is 0 Å². The quantitative estimate of drug-likeness (QED) is 0.568. The van der Waals surface area contributed by atoms with Crippen molar-refractivity contribution in [2.24, 2.45) is 0 Å². The third-order valence-corrected chi connectivity index (χ3v) is 3.35. The number of carbonyl (C=O) groups excluding carboxylic acids is 1. The lowest BCUT2D eigenvalue weighted by Crippen LogP contribution is -2.33. The minimum Gasteiger partial charge on any atom is -0.494 e. The van der Waals surface area contributed by atoms with E-state index in [1.54, 1.807) is 4.90 Å². The van der Waals surface area contributed by atoms with Crippen LogP contribution in [0, 0.1) is 0 Å². The Bertz CT molecular complexity index is 390. The van der Waals surface area contributed by atoms with Crippen LogP contribution in [0.1, 0.15) is 25.8 Å². The molecular weight excluding hydrogens is 306 g/mol. The first-order valence-corrected chi connectivity index (χ1v) is 7.57. The first-order valence-electron chi connectivity index (χ1n) is 6.65. The summed E-state index contributed by atoms with van der Waals surface area (Å²) in [4.78, 5) is 13.2. The van der Waals surface area contributed by atoms with Gasteiger partial charge in [-0.1, -0.05) is 35.0 Å². The molecule has 1 atom stereocenters. The molecule has 0 aliphatic carbocycles. The van der Waals surface area contributed by atoms with E-state index in [0.717, 1.165) is 18.6 Å². The second-order valence-corrected chi connectivity index (χ2v) is 5.95. The Kier molecular flexibility index (Phi) is 6.92.